The van der Waals surface area contributed by atoms with Crippen molar-refractivity contribution in [2.24, 2.45) is 0 Å². The van der Waals surface area contributed by atoms with Crippen LogP contribution in [-0.2, 0) is 0 Å². The predicted octanol–water partition coefficient (Wildman–Crippen LogP) is 3.52. The fourth-order valence-corrected chi connectivity index (χ4v) is 3.84. The lowest BCUT2D eigenvalue weighted by Gasteiger charge is -2.10. The molecule has 3 aromatic heterocycles. The van der Waals surface area contributed by atoms with Crippen LogP contribution >= 0.6 is 0 Å². The first kappa shape index (κ1) is 16.9. The molecule has 1 fully saturated rings. The zero-order valence-electron chi connectivity index (χ0n) is 16.1. The smallest absolute Gasteiger partial charge is 0.247 e. The molecule has 0 bridgehead atoms. The second-order valence-electron chi connectivity index (χ2n) is 7.52. The third-order valence-electron chi connectivity index (χ3n) is 5.27. The van der Waals surface area contributed by atoms with E-state index in [-0.39, 0.29) is 0 Å². The molecule has 1 saturated heterocycles. The Balaban J connectivity index is 1.43. The molecule has 0 aliphatic carbocycles. The standard InChI is InChI=1S/C21H23N7/c1-15-5-3-6-16(11-15)19-7-4-8-20-24-21(25-28(19)20)23-17-12-22-27(13-17)18-9-10-26(2)14-18/h3-8,11-13,18H,9-10,14H2,1-2H3,(H,23,25). The molecular formula is C21H23N7. The summed E-state index contributed by atoms with van der Waals surface area (Å²) in [5.41, 5.74) is 5.08. The van der Waals surface area contributed by atoms with Gasteiger partial charge >= 0.3 is 0 Å². The van der Waals surface area contributed by atoms with E-state index in [9.17, 15) is 0 Å². The first-order valence-corrected chi connectivity index (χ1v) is 9.58. The lowest BCUT2D eigenvalue weighted by molar-refractivity contribution is 0.382. The van der Waals surface area contributed by atoms with Crippen molar-refractivity contribution in [3.8, 4) is 11.3 Å². The fourth-order valence-electron chi connectivity index (χ4n) is 3.84. The molecule has 1 aliphatic heterocycles. The molecule has 0 saturated carbocycles. The number of hydrogen-bond acceptors (Lipinski definition) is 5. The van der Waals surface area contributed by atoms with Gasteiger partial charge in [-0.2, -0.15) is 10.1 Å². The van der Waals surface area contributed by atoms with Gasteiger partial charge < -0.3 is 10.2 Å². The first-order valence-electron chi connectivity index (χ1n) is 9.58. The van der Waals surface area contributed by atoms with Crippen LogP contribution in [0.15, 0.2) is 54.9 Å². The molecule has 0 spiro atoms. The lowest BCUT2D eigenvalue weighted by atomic mass is 10.1. The third kappa shape index (κ3) is 3.14. The van der Waals surface area contributed by atoms with Crippen LogP contribution < -0.4 is 5.32 Å². The molecule has 142 valence electrons. The summed E-state index contributed by atoms with van der Waals surface area (Å²) in [5.74, 6) is 0.572. The van der Waals surface area contributed by atoms with Gasteiger partial charge in [-0.05, 0) is 45.1 Å². The number of benzene rings is 1. The van der Waals surface area contributed by atoms with Crippen molar-refractivity contribution in [2.75, 3.05) is 25.5 Å². The van der Waals surface area contributed by atoms with Crippen molar-refractivity contribution >= 4 is 17.3 Å². The number of aryl methyl sites for hydroxylation is 1. The van der Waals surface area contributed by atoms with Crippen molar-refractivity contribution in [3.63, 3.8) is 0 Å². The molecule has 7 nitrogen and oxygen atoms in total. The number of anilines is 2. The Hall–Kier alpha value is -3.19. The molecule has 4 heterocycles. The first-order chi connectivity index (χ1) is 13.7. The Kier molecular flexibility index (Phi) is 4.09. The van der Waals surface area contributed by atoms with Crippen LogP contribution in [0.2, 0.25) is 0 Å². The topological polar surface area (TPSA) is 63.3 Å². The molecule has 0 amide bonds. The van der Waals surface area contributed by atoms with Crippen LogP contribution in [0.5, 0.6) is 0 Å². The summed E-state index contributed by atoms with van der Waals surface area (Å²) < 4.78 is 3.92. The third-order valence-corrected chi connectivity index (χ3v) is 5.27. The quantitative estimate of drug-likeness (QED) is 0.593. The highest BCUT2D eigenvalue weighted by molar-refractivity contribution is 5.65. The maximum atomic E-state index is 4.68. The van der Waals surface area contributed by atoms with Gasteiger partial charge in [0.2, 0.25) is 5.95 Å². The second-order valence-corrected chi connectivity index (χ2v) is 7.52. The van der Waals surface area contributed by atoms with Gasteiger partial charge in [0.25, 0.3) is 0 Å². The Morgan fingerprint density at radius 1 is 1.14 bits per heavy atom. The van der Waals surface area contributed by atoms with E-state index in [1.807, 2.05) is 33.7 Å². The molecule has 1 N–H and O–H groups in total. The number of nitrogens with zero attached hydrogens (tertiary/aromatic N) is 6. The zero-order valence-corrected chi connectivity index (χ0v) is 16.1. The van der Waals surface area contributed by atoms with Crippen molar-refractivity contribution in [3.05, 3.63) is 60.4 Å². The van der Waals surface area contributed by atoms with Crippen LogP contribution in [0.3, 0.4) is 0 Å². The number of nitrogens with one attached hydrogen (secondary N) is 1. The molecule has 0 radical (unpaired) electrons. The van der Waals surface area contributed by atoms with Crippen LogP contribution in [0.4, 0.5) is 11.6 Å². The highest BCUT2D eigenvalue weighted by atomic mass is 15.4. The summed E-state index contributed by atoms with van der Waals surface area (Å²) in [4.78, 5) is 6.96. The van der Waals surface area contributed by atoms with Crippen LogP contribution in [0, 0.1) is 6.92 Å². The van der Waals surface area contributed by atoms with Crippen LogP contribution in [0.1, 0.15) is 18.0 Å². The summed E-state index contributed by atoms with van der Waals surface area (Å²) in [5, 5.41) is 12.5. The van der Waals surface area contributed by atoms with Gasteiger partial charge in [0.05, 0.1) is 23.6 Å². The van der Waals surface area contributed by atoms with Crippen molar-refractivity contribution in [2.45, 2.75) is 19.4 Å². The van der Waals surface area contributed by atoms with Gasteiger partial charge in [-0.25, -0.2) is 4.52 Å². The highest BCUT2D eigenvalue weighted by Crippen LogP contribution is 2.24. The fraction of sp³-hybridized carbons (Fsp3) is 0.286. The molecule has 1 aliphatic rings. The van der Waals surface area contributed by atoms with E-state index >= 15 is 0 Å². The van der Waals surface area contributed by atoms with Gasteiger partial charge in [0, 0.05) is 18.3 Å². The highest BCUT2D eigenvalue weighted by Gasteiger charge is 2.21. The van der Waals surface area contributed by atoms with Crippen molar-refractivity contribution in [1.29, 1.82) is 0 Å². The number of aromatic nitrogens is 5. The SMILES string of the molecule is Cc1cccc(-c2cccc3nc(Nc4cnn(C5CCN(C)C5)c4)nn23)c1. The lowest BCUT2D eigenvalue weighted by Crippen LogP contribution is -2.16. The minimum absolute atomic E-state index is 0.433. The van der Waals surface area contributed by atoms with Crippen molar-refractivity contribution < 1.29 is 0 Å². The maximum Gasteiger partial charge on any atom is 0.247 e. The van der Waals surface area contributed by atoms with E-state index in [0.29, 0.717) is 12.0 Å². The minimum atomic E-state index is 0.433. The molecule has 7 heteroatoms. The largest absolute Gasteiger partial charge is 0.320 e. The maximum absolute atomic E-state index is 4.68. The summed E-state index contributed by atoms with van der Waals surface area (Å²) in [6.45, 7) is 4.24. The Morgan fingerprint density at radius 2 is 2.04 bits per heavy atom. The van der Waals surface area contributed by atoms with E-state index < -0.39 is 0 Å². The summed E-state index contributed by atoms with van der Waals surface area (Å²) >= 11 is 0. The van der Waals surface area contributed by atoms with Gasteiger partial charge in [0.15, 0.2) is 5.65 Å². The van der Waals surface area contributed by atoms with E-state index in [1.165, 1.54) is 5.56 Å². The summed E-state index contributed by atoms with van der Waals surface area (Å²) in [6, 6.07) is 14.9. The normalized spacial score (nSPS) is 17.4. The van der Waals surface area contributed by atoms with E-state index in [0.717, 1.165) is 42.1 Å². The number of likely N-dealkylation sites (tertiary alicyclic amines) is 1. The van der Waals surface area contributed by atoms with Crippen molar-refractivity contribution in [1.82, 2.24) is 29.3 Å². The number of pyridine rings is 1. The molecule has 1 aromatic carbocycles. The summed E-state index contributed by atoms with van der Waals surface area (Å²) in [7, 11) is 2.15. The molecule has 1 unspecified atom stereocenters. The molecule has 4 aromatic rings. The molecule has 5 rings (SSSR count). The van der Waals surface area contributed by atoms with Gasteiger partial charge in [-0.1, -0.05) is 29.8 Å². The van der Waals surface area contributed by atoms with E-state index in [1.54, 1.807) is 0 Å². The Morgan fingerprint density at radius 3 is 2.86 bits per heavy atom. The summed E-state index contributed by atoms with van der Waals surface area (Å²) in [6.07, 6.45) is 5.01. The number of likely N-dealkylation sites (N-methyl/N-ethyl adjacent to an activating group) is 1. The van der Waals surface area contributed by atoms with Crippen LogP contribution in [-0.4, -0.2) is 49.4 Å². The Bertz CT molecular complexity index is 1130. The second kappa shape index (κ2) is 6.76. The Labute approximate surface area is 163 Å². The predicted molar refractivity (Wildman–Crippen MR) is 110 cm³/mol. The molecular weight excluding hydrogens is 350 g/mol. The number of rotatable bonds is 4. The number of hydrogen-bond donors (Lipinski definition) is 1. The monoisotopic (exact) mass is 373 g/mol. The average molecular weight is 373 g/mol. The van der Waals surface area contributed by atoms with Gasteiger partial charge in [-0.15, -0.1) is 5.10 Å². The average Bonchev–Trinajstić information content (AvgIpc) is 3.40. The van der Waals surface area contributed by atoms with Gasteiger partial charge in [0.1, 0.15) is 0 Å². The number of fused-ring (bicyclic) bond motifs is 1. The minimum Gasteiger partial charge on any atom is -0.320 e. The zero-order chi connectivity index (χ0) is 19.1. The molecule has 1 atom stereocenters. The molecule has 28 heavy (non-hydrogen) atoms. The van der Waals surface area contributed by atoms with E-state index in [2.05, 4.69) is 69.7 Å². The van der Waals surface area contributed by atoms with Gasteiger partial charge in [-0.3, -0.25) is 4.68 Å². The van der Waals surface area contributed by atoms with E-state index in [4.69, 9.17) is 0 Å². The van der Waals surface area contributed by atoms with Crippen LogP contribution in [0.25, 0.3) is 16.9 Å².